The van der Waals surface area contributed by atoms with Gasteiger partial charge in [0.25, 0.3) is 0 Å². The van der Waals surface area contributed by atoms with Crippen LogP contribution in [0.5, 0.6) is 0 Å². The van der Waals surface area contributed by atoms with Gasteiger partial charge in [-0.15, -0.1) is 0 Å². The van der Waals surface area contributed by atoms with E-state index >= 15 is 0 Å². The zero-order chi connectivity index (χ0) is 15.4. The maximum Gasteiger partial charge on any atom is 0.304 e. The van der Waals surface area contributed by atoms with E-state index in [0.717, 1.165) is 18.2 Å². The van der Waals surface area contributed by atoms with E-state index in [2.05, 4.69) is 0 Å². The Labute approximate surface area is 119 Å². The van der Waals surface area contributed by atoms with Crippen LogP contribution < -0.4 is 0 Å². The molecule has 0 radical (unpaired) electrons. The maximum absolute atomic E-state index is 13.3. The van der Waals surface area contributed by atoms with E-state index in [0.29, 0.717) is 0 Å². The Morgan fingerprint density at radius 1 is 1.00 bits per heavy atom. The minimum absolute atomic E-state index is 0.187. The van der Waals surface area contributed by atoms with Gasteiger partial charge in [0.2, 0.25) is 0 Å². The van der Waals surface area contributed by atoms with Crippen LogP contribution >= 0.6 is 0 Å². The third kappa shape index (κ3) is 3.72. The number of carboxylic acid groups (broad SMARTS) is 1. The average molecular weight is 290 g/mol. The molecular weight excluding hydrogens is 278 g/mol. The van der Waals surface area contributed by atoms with E-state index in [1.807, 2.05) is 0 Å². The van der Waals surface area contributed by atoms with E-state index in [9.17, 15) is 18.4 Å². The first-order valence-electron chi connectivity index (χ1n) is 6.24. The van der Waals surface area contributed by atoms with E-state index in [4.69, 9.17) is 5.11 Å². The van der Waals surface area contributed by atoms with Crippen molar-refractivity contribution in [3.63, 3.8) is 0 Å². The van der Waals surface area contributed by atoms with E-state index in [1.165, 1.54) is 30.3 Å². The molecular formula is C16H12F2O3. The van der Waals surface area contributed by atoms with Crippen molar-refractivity contribution < 1.29 is 23.5 Å². The maximum atomic E-state index is 13.3. The second-order valence-electron chi connectivity index (χ2n) is 4.58. The first kappa shape index (κ1) is 14.8. The molecule has 1 unspecified atom stereocenters. The van der Waals surface area contributed by atoms with Crippen LogP contribution in [0.25, 0.3) is 0 Å². The van der Waals surface area contributed by atoms with E-state index < -0.39 is 35.7 Å². The number of rotatable bonds is 5. The van der Waals surface area contributed by atoms with Crippen molar-refractivity contribution in [1.82, 2.24) is 0 Å². The van der Waals surface area contributed by atoms with Gasteiger partial charge < -0.3 is 5.11 Å². The fraction of sp³-hybridized carbons (Fsp3) is 0.125. The number of carbonyl (C=O) groups excluding carboxylic acids is 1. The van der Waals surface area contributed by atoms with E-state index in [-0.39, 0.29) is 11.1 Å². The largest absolute Gasteiger partial charge is 0.481 e. The molecule has 5 heteroatoms. The Morgan fingerprint density at radius 2 is 1.67 bits per heavy atom. The number of hydrogen-bond acceptors (Lipinski definition) is 2. The molecule has 0 bridgehead atoms. The molecule has 2 rings (SSSR count). The summed E-state index contributed by atoms with van der Waals surface area (Å²) in [5.41, 5.74) is 0.471. The van der Waals surface area contributed by atoms with Crippen molar-refractivity contribution in [3.05, 3.63) is 71.3 Å². The van der Waals surface area contributed by atoms with Crippen molar-refractivity contribution >= 4 is 11.8 Å². The van der Waals surface area contributed by atoms with Crippen LogP contribution in [0.3, 0.4) is 0 Å². The number of benzene rings is 2. The van der Waals surface area contributed by atoms with Gasteiger partial charge in [-0.05, 0) is 42.0 Å². The molecule has 0 aliphatic carbocycles. The van der Waals surface area contributed by atoms with Crippen molar-refractivity contribution in [1.29, 1.82) is 0 Å². The molecule has 0 aromatic heterocycles. The topological polar surface area (TPSA) is 54.4 Å². The van der Waals surface area contributed by atoms with Gasteiger partial charge in [0.1, 0.15) is 11.6 Å². The SMILES string of the molecule is O=C(O)CC(C(=O)c1ccc(F)cc1)c1cccc(F)c1. The molecule has 2 aromatic rings. The normalized spacial score (nSPS) is 11.9. The molecule has 0 aliphatic heterocycles. The lowest BCUT2D eigenvalue weighted by Gasteiger charge is -2.14. The van der Waals surface area contributed by atoms with Gasteiger partial charge in [-0.25, -0.2) is 8.78 Å². The lowest BCUT2D eigenvalue weighted by atomic mass is 9.88. The summed E-state index contributed by atoms with van der Waals surface area (Å²) in [6, 6.07) is 10.1. The number of Topliss-reactive ketones (excluding diaryl/α,β-unsaturated/α-hetero) is 1. The van der Waals surface area contributed by atoms with Crippen LogP contribution in [0.2, 0.25) is 0 Å². The summed E-state index contributed by atoms with van der Waals surface area (Å²) >= 11 is 0. The molecule has 0 saturated heterocycles. The van der Waals surface area contributed by atoms with Gasteiger partial charge in [-0.1, -0.05) is 12.1 Å². The molecule has 2 aromatic carbocycles. The van der Waals surface area contributed by atoms with Crippen LogP contribution in [0.1, 0.15) is 28.3 Å². The van der Waals surface area contributed by atoms with E-state index in [1.54, 1.807) is 0 Å². The van der Waals surface area contributed by atoms with Gasteiger partial charge in [0.15, 0.2) is 5.78 Å². The molecule has 0 aliphatic rings. The highest BCUT2D eigenvalue weighted by Gasteiger charge is 2.25. The predicted octanol–water partition coefficient (Wildman–Crippen LogP) is 3.41. The van der Waals surface area contributed by atoms with Crippen molar-refractivity contribution in [3.8, 4) is 0 Å². The highest BCUT2D eigenvalue weighted by atomic mass is 19.1. The molecule has 1 atom stereocenters. The van der Waals surface area contributed by atoms with Crippen molar-refractivity contribution in [2.24, 2.45) is 0 Å². The third-order valence-corrected chi connectivity index (χ3v) is 3.08. The fourth-order valence-corrected chi connectivity index (χ4v) is 2.08. The molecule has 0 saturated carbocycles. The van der Waals surface area contributed by atoms with Crippen LogP contribution in [0, 0.1) is 11.6 Å². The van der Waals surface area contributed by atoms with Crippen molar-refractivity contribution in [2.45, 2.75) is 12.3 Å². The fourth-order valence-electron chi connectivity index (χ4n) is 2.08. The quantitative estimate of drug-likeness (QED) is 0.859. The summed E-state index contributed by atoms with van der Waals surface area (Å²) in [5, 5.41) is 8.95. The van der Waals surface area contributed by atoms with Gasteiger partial charge >= 0.3 is 5.97 Å². The van der Waals surface area contributed by atoms with Crippen LogP contribution in [0.15, 0.2) is 48.5 Å². The summed E-state index contributed by atoms with van der Waals surface area (Å²) in [6.07, 6.45) is -0.459. The van der Waals surface area contributed by atoms with Crippen LogP contribution in [-0.2, 0) is 4.79 Å². The number of carboxylic acids is 1. The second kappa shape index (κ2) is 6.26. The summed E-state index contributed by atoms with van der Waals surface area (Å²) < 4.78 is 26.2. The second-order valence-corrected chi connectivity index (χ2v) is 4.58. The first-order chi connectivity index (χ1) is 9.97. The average Bonchev–Trinajstić information content (AvgIpc) is 2.44. The Morgan fingerprint density at radius 3 is 2.24 bits per heavy atom. The standard InChI is InChI=1S/C16H12F2O3/c17-12-6-4-10(5-7-12)16(21)14(9-15(19)20)11-2-1-3-13(18)8-11/h1-8,14H,9H2,(H,19,20). The molecule has 108 valence electrons. The monoisotopic (exact) mass is 290 g/mol. The molecule has 3 nitrogen and oxygen atoms in total. The molecule has 21 heavy (non-hydrogen) atoms. The Hall–Kier alpha value is -2.56. The summed E-state index contributed by atoms with van der Waals surface area (Å²) in [6.45, 7) is 0. The number of aliphatic carboxylic acids is 1. The number of halogens is 2. The Kier molecular flexibility index (Phi) is 4.42. The van der Waals surface area contributed by atoms with Crippen LogP contribution in [-0.4, -0.2) is 16.9 Å². The first-order valence-corrected chi connectivity index (χ1v) is 6.24. The summed E-state index contributed by atoms with van der Waals surface area (Å²) in [4.78, 5) is 23.3. The molecule has 0 heterocycles. The van der Waals surface area contributed by atoms with Gasteiger partial charge in [0.05, 0.1) is 12.3 Å². The minimum Gasteiger partial charge on any atom is -0.481 e. The molecule has 1 N–H and O–H groups in total. The van der Waals surface area contributed by atoms with Gasteiger partial charge in [-0.2, -0.15) is 0 Å². The Bertz CT molecular complexity index is 665. The number of carbonyl (C=O) groups is 2. The lowest BCUT2D eigenvalue weighted by Crippen LogP contribution is -2.17. The van der Waals surface area contributed by atoms with Crippen molar-refractivity contribution in [2.75, 3.05) is 0 Å². The van der Waals surface area contributed by atoms with Gasteiger partial charge in [0, 0.05) is 5.56 Å². The zero-order valence-electron chi connectivity index (χ0n) is 10.9. The smallest absolute Gasteiger partial charge is 0.304 e. The lowest BCUT2D eigenvalue weighted by molar-refractivity contribution is -0.137. The molecule has 0 spiro atoms. The molecule has 0 fully saturated rings. The third-order valence-electron chi connectivity index (χ3n) is 3.08. The van der Waals surface area contributed by atoms with Gasteiger partial charge in [-0.3, -0.25) is 9.59 Å². The number of ketones is 1. The zero-order valence-corrected chi connectivity index (χ0v) is 10.9. The minimum atomic E-state index is -1.17. The number of hydrogen-bond donors (Lipinski definition) is 1. The molecule has 0 amide bonds. The highest BCUT2D eigenvalue weighted by Crippen LogP contribution is 2.25. The van der Waals surface area contributed by atoms with Crippen LogP contribution in [0.4, 0.5) is 8.78 Å². The summed E-state index contributed by atoms with van der Waals surface area (Å²) in [5.74, 6) is -3.70. The summed E-state index contributed by atoms with van der Waals surface area (Å²) in [7, 11) is 0. The Balaban J connectivity index is 2.38. The highest BCUT2D eigenvalue weighted by molar-refractivity contribution is 6.02. The predicted molar refractivity (Wildman–Crippen MR) is 72.1 cm³/mol.